The standard InChI is InChI=1S/C25H28N4O4/c1-15-18(3-4-19-20(15)14-33-25(19)32)23(30)13-29-7-6-17-10-28(11-22(17)29)12-24(31)21-5-2-16(8-26)9-27-21/h2-5,9,17,22-24,30-31H,6-7,10-14H2,1H3/t17?,22?,23-,24?/m1/s1. The Balaban J connectivity index is 1.21. The lowest BCUT2D eigenvalue weighted by molar-refractivity contribution is 0.0535. The molecule has 4 atom stereocenters. The number of esters is 1. The maximum Gasteiger partial charge on any atom is 0.338 e. The summed E-state index contributed by atoms with van der Waals surface area (Å²) >= 11 is 0. The second-order valence-corrected chi connectivity index (χ2v) is 9.33. The molecule has 5 rings (SSSR count). The zero-order valence-electron chi connectivity index (χ0n) is 18.6. The molecule has 3 aliphatic heterocycles. The fraction of sp³-hybridized carbons (Fsp3) is 0.480. The molecule has 3 unspecified atom stereocenters. The van der Waals surface area contributed by atoms with E-state index in [0.29, 0.717) is 41.9 Å². The SMILES string of the molecule is Cc1c([C@H](O)CN2CCC3CN(CC(O)c4ccc(C#N)cn4)CC32)ccc2c1COC2=O. The molecule has 33 heavy (non-hydrogen) atoms. The van der Waals surface area contributed by atoms with Crippen LogP contribution in [-0.4, -0.2) is 69.7 Å². The summed E-state index contributed by atoms with van der Waals surface area (Å²) in [5.41, 5.74) is 4.33. The van der Waals surface area contributed by atoms with Gasteiger partial charge in [0.2, 0.25) is 0 Å². The number of fused-ring (bicyclic) bond motifs is 2. The molecule has 8 heteroatoms. The molecule has 2 N–H and O–H groups in total. The van der Waals surface area contributed by atoms with Crippen LogP contribution in [0.25, 0.3) is 0 Å². The molecule has 2 fully saturated rings. The summed E-state index contributed by atoms with van der Waals surface area (Å²) in [6, 6.07) is 9.39. The van der Waals surface area contributed by atoms with Gasteiger partial charge in [0.15, 0.2) is 0 Å². The van der Waals surface area contributed by atoms with Gasteiger partial charge >= 0.3 is 5.97 Å². The molecule has 0 amide bonds. The third-order valence-corrected chi connectivity index (χ3v) is 7.40. The molecule has 0 bridgehead atoms. The van der Waals surface area contributed by atoms with Crippen molar-refractivity contribution in [1.29, 1.82) is 5.26 Å². The normalized spacial score (nSPS) is 24.2. The summed E-state index contributed by atoms with van der Waals surface area (Å²) in [4.78, 5) is 20.6. The molecule has 1 aromatic carbocycles. The van der Waals surface area contributed by atoms with Crippen molar-refractivity contribution in [3.05, 3.63) is 64.0 Å². The Kier molecular flexibility index (Phi) is 5.89. The van der Waals surface area contributed by atoms with Crippen LogP contribution in [0.2, 0.25) is 0 Å². The first-order valence-corrected chi connectivity index (χ1v) is 11.4. The van der Waals surface area contributed by atoms with E-state index in [-0.39, 0.29) is 12.6 Å². The first-order valence-electron chi connectivity index (χ1n) is 11.4. The number of hydrogen-bond donors (Lipinski definition) is 2. The average Bonchev–Trinajstić information content (AvgIpc) is 3.50. The Morgan fingerprint density at radius 1 is 1.21 bits per heavy atom. The fourth-order valence-corrected chi connectivity index (χ4v) is 5.57. The number of hydrogen-bond acceptors (Lipinski definition) is 8. The van der Waals surface area contributed by atoms with Crippen molar-refractivity contribution in [1.82, 2.24) is 14.8 Å². The number of likely N-dealkylation sites (tertiary alicyclic amines) is 2. The second-order valence-electron chi connectivity index (χ2n) is 9.33. The topological polar surface area (TPSA) is 110 Å². The lowest BCUT2D eigenvalue weighted by Crippen LogP contribution is -2.38. The summed E-state index contributed by atoms with van der Waals surface area (Å²) in [7, 11) is 0. The van der Waals surface area contributed by atoms with Crippen molar-refractivity contribution in [3.63, 3.8) is 0 Å². The molecule has 8 nitrogen and oxygen atoms in total. The van der Waals surface area contributed by atoms with Crippen LogP contribution in [0.3, 0.4) is 0 Å². The number of nitrogens with zero attached hydrogens (tertiary/aromatic N) is 4. The highest BCUT2D eigenvalue weighted by Crippen LogP contribution is 2.35. The van der Waals surface area contributed by atoms with Crippen molar-refractivity contribution < 1.29 is 19.7 Å². The molecule has 0 radical (unpaired) electrons. The van der Waals surface area contributed by atoms with Gasteiger partial charge in [0.25, 0.3) is 0 Å². The maximum absolute atomic E-state index is 11.8. The van der Waals surface area contributed by atoms with Crippen LogP contribution in [0.4, 0.5) is 0 Å². The van der Waals surface area contributed by atoms with E-state index in [1.165, 1.54) is 6.20 Å². The largest absolute Gasteiger partial charge is 0.457 e. The Morgan fingerprint density at radius 3 is 2.82 bits per heavy atom. The van der Waals surface area contributed by atoms with Gasteiger partial charge in [0.05, 0.1) is 22.9 Å². The molecular weight excluding hydrogens is 420 g/mol. The zero-order chi connectivity index (χ0) is 23.1. The van der Waals surface area contributed by atoms with E-state index in [9.17, 15) is 15.0 Å². The third kappa shape index (κ3) is 4.13. The van der Waals surface area contributed by atoms with E-state index in [0.717, 1.165) is 42.7 Å². The quantitative estimate of drug-likeness (QED) is 0.643. The molecule has 2 saturated heterocycles. The van der Waals surface area contributed by atoms with E-state index in [2.05, 4.69) is 14.8 Å². The average molecular weight is 449 g/mol. The predicted molar refractivity (Wildman–Crippen MR) is 119 cm³/mol. The molecule has 4 heterocycles. The minimum atomic E-state index is -0.699. The van der Waals surface area contributed by atoms with Gasteiger partial charge in [-0.25, -0.2) is 4.79 Å². The number of benzene rings is 1. The Morgan fingerprint density at radius 2 is 2.06 bits per heavy atom. The number of aliphatic hydroxyl groups excluding tert-OH is 2. The molecule has 1 aromatic heterocycles. The number of pyridine rings is 1. The van der Waals surface area contributed by atoms with Crippen LogP contribution in [0, 0.1) is 24.2 Å². The summed E-state index contributed by atoms with van der Waals surface area (Å²) in [6.07, 6.45) is 1.23. The minimum Gasteiger partial charge on any atom is -0.457 e. The van der Waals surface area contributed by atoms with Gasteiger partial charge in [-0.15, -0.1) is 0 Å². The number of ether oxygens (including phenoxy) is 1. The van der Waals surface area contributed by atoms with E-state index < -0.39 is 12.2 Å². The van der Waals surface area contributed by atoms with Crippen LogP contribution < -0.4 is 0 Å². The number of cyclic esters (lactones) is 1. The van der Waals surface area contributed by atoms with Gasteiger partial charge in [0.1, 0.15) is 18.8 Å². The van der Waals surface area contributed by atoms with Crippen LogP contribution >= 0.6 is 0 Å². The van der Waals surface area contributed by atoms with Crippen molar-refractivity contribution in [3.8, 4) is 6.07 Å². The predicted octanol–water partition coefficient (Wildman–Crippen LogP) is 1.71. The smallest absolute Gasteiger partial charge is 0.338 e. The van der Waals surface area contributed by atoms with Crippen molar-refractivity contribution >= 4 is 5.97 Å². The number of carbonyl (C=O) groups excluding carboxylic acids is 1. The zero-order valence-corrected chi connectivity index (χ0v) is 18.6. The Bertz CT molecular complexity index is 1100. The fourth-order valence-electron chi connectivity index (χ4n) is 5.57. The molecule has 0 aliphatic carbocycles. The van der Waals surface area contributed by atoms with Crippen LogP contribution in [0.1, 0.15) is 56.9 Å². The lowest BCUT2D eigenvalue weighted by Gasteiger charge is -2.28. The highest BCUT2D eigenvalue weighted by Gasteiger charge is 2.42. The molecule has 172 valence electrons. The van der Waals surface area contributed by atoms with E-state index in [1.54, 1.807) is 18.2 Å². The highest BCUT2D eigenvalue weighted by molar-refractivity contribution is 5.93. The van der Waals surface area contributed by atoms with Gasteiger partial charge < -0.3 is 14.9 Å². The minimum absolute atomic E-state index is 0.278. The van der Waals surface area contributed by atoms with Crippen LogP contribution in [0.5, 0.6) is 0 Å². The van der Waals surface area contributed by atoms with Crippen molar-refractivity contribution in [2.45, 2.75) is 38.2 Å². The van der Waals surface area contributed by atoms with Gasteiger partial charge in [-0.1, -0.05) is 6.07 Å². The van der Waals surface area contributed by atoms with Crippen LogP contribution in [0.15, 0.2) is 30.5 Å². The van der Waals surface area contributed by atoms with Gasteiger partial charge in [0, 0.05) is 44.0 Å². The summed E-state index contributed by atoms with van der Waals surface area (Å²) in [6.45, 7) is 5.98. The Labute approximate surface area is 193 Å². The monoisotopic (exact) mass is 448 g/mol. The van der Waals surface area contributed by atoms with Crippen molar-refractivity contribution in [2.24, 2.45) is 5.92 Å². The van der Waals surface area contributed by atoms with E-state index in [4.69, 9.17) is 10.00 Å². The lowest BCUT2D eigenvalue weighted by atomic mass is 9.95. The molecular formula is C25H28N4O4. The maximum atomic E-state index is 11.8. The first kappa shape index (κ1) is 22.0. The van der Waals surface area contributed by atoms with E-state index >= 15 is 0 Å². The number of nitriles is 1. The summed E-state index contributed by atoms with van der Waals surface area (Å²) in [5.74, 6) is 0.228. The number of carbonyl (C=O) groups is 1. The highest BCUT2D eigenvalue weighted by atomic mass is 16.5. The molecule has 0 saturated carbocycles. The molecule has 3 aliphatic rings. The van der Waals surface area contributed by atoms with Crippen LogP contribution in [-0.2, 0) is 11.3 Å². The number of aliphatic hydroxyl groups is 2. The third-order valence-electron chi connectivity index (χ3n) is 7.40. The molecule has 0 spiro atoms. The van der Waals surface area contributed by atoms with Crippen molar-refractivity contribution in [2.75, 3.05) is 32.7 Å². The first-order chi connectivity index (χ1) is 15.9. The van der Waals surface area contributed by atoms with Gasteiger partial charge in [-0.05, 0) is 55.1 Å². The number of β-amino-alcohol motifs (C(OH)–C–C–N with tert-alkyl or cyclic N) is 2. The van der Waals surface area contributed by atoms with E-state index in [1.807, 2.05) is 19.1 Å². The summed E-state index contributed by atoms with van der Waals surface area (Å²) in [5, 5.41) is 30.6. The van der Waals surface area contributed by atoms with Gasteiger partial charge in [-0.2, -0.15) is 5.26 Å². The number of rotatable bonds is 6. The second kappa shape index (κ2) is 8.84. The molecule has 2 aromatic rings. The summed E-state index contributed by atoms with van der Waals surface area (Å²) < 4.78 is 5.14. The Hall–Kier alpha value is -2.83. The van der Waals surface area contributed by atoms with Gasteiger partial charge in [-0.3, -0.25) is 14.8 Å². The number of aromatic nitrogens is 1.